The topological polar surface area (TPSA) is 105 Å². The Bertz CT molecular complexity index is 1640. The van der Waals surface area contributed by atoms with Crippen LogP contribution in [-0.4, -0.2) is 45.5 Å². The second kappa shape index (κ2) is 10.8. The lowest BCUT2D eigenvalue weighted by Crippen LogP contribution is -2.37. The van der Waals surface area contributed by atoms with E-state index in [1.807, 2.05) is 13.8 Å². The van der Waals surface area contributed by atoms with Crippen molar-refractivity contribution in [2.45, 2.75) is 33.6 Å². The number of fused-ring (bicyclic) bond motifs is 1. The second-order valence-electron chi connectivity index (χ2n) is 8.64. The number of hydrogen-bond acceptors (Lipinski definition) is 5. The first-order valence-electron chi connectivity index (χ1n) is 11.8. The summed E-state index contributed by atoms with van der Waals surface area (Å²) in [6.45, 7) is 6.08. The van der Waals surface area contributed by atoms with Gasteiger partial charge in [-0.1, -0.05) is 55.2 Å². The van der Waals surface area contributed by atoms with Gasteiger partial charge < -0.3 is 4.98 Å². The number of hydrogen-bond donors (Lipinski definition) is 1. The molecule has 0 aliphatic heterocycles. The van der Waals surface area contributed by atoms with E-state index >= 15 is 0 Å². The van der Waals surface area contributed by atoms with Crippen LogP contribution < -0.4 is 5.56 Å². The van der Waals surface area contributed by atoms with Crippen molar-refractivity contribution in [3.8, 4) is 22.4 Å². The number of benzene rings is 2. The SMILES string of the molecule is CCCN(CCC)S(=O)(=O)C(=O)c1ccc(-c2cc(=O)n3nc(C)c(-c4ccc(Cl)cc4Cl)c3[nH]2)cc1. The Kier molecular flexibility index (Phi) is 7.89. The number of nitrogens with zero attached hydrogens (tertiary/aromatic N) is 3. The molecule has 0 aliphatic carbocycles. The normalized spacial score (nSPS) is 11.9. The van der Waals surface area contributed by atoms with Crippen molar-refractivity contribution in [1.82, 2.24) is 18.9 Å². The first-order valence-corrected chi connectivity index (χ1v) is 14.0. The van der Waals surface area contributed by atoms with Crippen molar-refractivity contribution in [1.29, 1.82) is 0 Å². The maximum Gasteiger partial charge on any atom is 0.291 e. The monoisotopic (exact) mass is 560 g/mol. The van der Waals surface area contributed by atoms with E-state index in [1.165, 1.54) is 27.0 Å². The molecule has 4 rings (SSSR count). The maximum atomic E-state index is 12.9. The molecule has 0 amide bonds. The molecular formula is C26H26Cl2N4O4S. The highest BCUT2D eigenvalue weighted by Gasteiger charge is 2.30. The molecular weight excluding hydrogens is 535 g/mol. The number of halogens is 2. The summed E-state index contributed by atoms with van der Waals surface area (Å²) in [6.07, 6.45) is 1.22. The third-order valence-corrected chi connectivity index (χ3v) is 8.24. The quantitative estimate of drug-likeness (QED) is 0.303. The highest BCUT2D eigenvalue weighted by Crippen LogP contribution is 2.34. The van der Waals surface area contributed by atoms with Gasteiger partial charge in [-0.3, -0.25) is 9.59 Å². The van der Waals surface area contributed by atoms with Crippen LogP contribution in [0.2, 0.25) is 10.0 Å². The van der Waals surface area contributed by atoms with Crippen molar-refractivity contribution >= 4 is 44.0 Å². The first-order chi connectivity index (χ1) is 17.6. The molecule has 1 N–H and O–H groups in total. The largest absolute Gasteiger partial charge is 0.339 e. The van der Waals surface area contributed by atoms with Gasteiger partial charge in [0, 0.05) is 40.9 Å². The molecule has 0 radical (unpaired) electrons. The summed E-state index contributed by atoms with van der Waals surface area (Å²) >= 11 is 12.5. The number of carbonyl (C=O) groups excluding carboxylic acids is 1. The van der Waals surface area contributed by atoms with Crippen molar-refractivity contribution < 1.29 is 13.2 Å². The van der Waals surface area contributed by atoms with E-state index in [0.29, 0.717) is 56.6 Å². The molecule has 2 aromatic carbocycles. The second-order valence-corrected chi connectivity index (χ2v) is 11.3. The van der Waals surface area contributed by atoms with E-state index in [1.54, 1.807) is 37.3 Å². The zero-order chi connectivity index (χ0) is 26.9. The molecule has 11 heteroatoms. The molecule has 0 unspecified atom stereocenters. The van der Waals surface area contributed by atoms with Crippen LogP contribution in [0.4, 0.5) is 0 Å². The summed E-state index contributed by atoms with van der Waals surface area (Å²) in [7, 11) is -4.13. The van der Waals surface area contributed by atoms with Gasteiger partial charge in [-0.25, -0.2) is 8.42 Å². The van der Waals surface area contributed by atoms with Gasteiger partial charge in [0.2, 0.25) is 0 Å². The third-order valence-electron chi connectivity index (χ3n) is 5.94. The third kappa shape index (κ3) is 5.22. The number of aromatic amines is 1. The zero-order valence-electron chi connectivity index (χ0n) is 20.6. The van der Waals surface area contributed by atoms with Crippen LogP contribution in [0, 0.1) is 6.92 Å². The first kappa shape index (κ1) is 27.1. The van der Waals surface area contributed by atoms with E-state index in [9.17, 15) is 18.0 Å². The molecule has 4 aromatic rings. The molecule has 0 spiro atoms. The lowest BCUT2D eigenvalue weighted by molar-refractivity contribution is 0.106. The number of H-pyrrole nitrogens is 1. The summed E-state index contributed by atoms with van der Waals surface area (Å²) in [5.41, 5.74) is 3.14. The Morgan fingerprint density at radius 3 is 2.27 bits per heavy atom. The lowest BCUT2D eigenvalue weighted by Gasteiger charge is -2.19. The van der Waals surface area contributed by atoms with Crippen LogP contribution in [0.15, 0.2) is 53.3 Å². The van der Waals surface area contributed by atoms with Gasteiger partial charge in [0.25, 0.3) is 20.7 Å². The fourth-order valence-electron chi connectivity index (χ4n) is 4.22. The maximum absolute atomic E-state index is 12.9. The van der Waals surface area contributed by atoms with E-state index in [2.05, 4.69) is 10.1 Å². The molecule has 0 atom stereocenters. The molecule has 37 heavy (non-hydrogen) atoms. The highest BCUT2D eigenvalue weighted by molar-refractivity contribution is 8.04. The van der Waals surface area contributed by atoms with E-state index in [0.717, 1.165) is 0 Å². The molecule has 0 fully saturated rings. The van der Waals surface area contributed by atoms with Crippen LogP contribution >= 0.6 is 23.2 Å². The fraction of sp³-hybridized carbons (Fsp3) is 0.269. The predicted molar refractivity (Wildman–Crippen MR) is 147 cm³/mol. The van der Waals surface area contributed by atoms with Gasteiger partial charge in [0.1, 0.15) is 5.65 Å². The zero-order valence-corrected chi connectivity index (χ0v) is 22.9. The number of aromatic nitrogens is 3. The highest BCUT2D eigenvalue weighted by atomic mass is 35.5. The Hall–Kier alpha value is -2.98. The minimum Gasteiger partial charge on any atom is -0.339 e. The molecule has 0 saturated heterocycles. The van der Waals surface area contributed by atoms with Gasteiger partial charge in [-0.2, -0.15) is 13.9 Å². The molecule has 2 heterocycles. The van der Waals surface area contributed by atoms with Gasteiger partial charge in [-0.05, 0) is 49.6 Å². The van der Waals surface area contributed by atoms with Crippen molar-refractivity contribution in [2.75, 3.05) is 13.1 Å². The summed E-state index contributed by atoms with van der Waals surface area (Å²) in [4.78, 5) is 29.0. The number of nitrogens with one attached hydrogen (secondary N) is 1. The van der Waals surface area contributed by atoms with Crippen molar-refractivity contribution in [3.63, 3.8) is 0 Å². The van der Waals surface area contributed by atoms with Gasteiger partial charge in [0.15, 0.2) is 0 Å². The standard InChI is InChI=1S/C26H26Cl2N4O4S/c1-4-12-31(13-5-2)37(35,36)26(34)18-8-6-17(7-9-18)22-15-23(33)32-25(29-22)24(16(3)30-32)20-11-10-19(27)14-21(20)28/h6-11,14-15,29H,4-5,12-13H2,1-3H3. The van der Waals surface area contributed by atoms with Gasteiger partial charge in [0.05, 0.1) is 16.4 Å². The smallest absolute Gasteiger partial charge is 0.291 e. The van der Waals surface area contributed by atoms with Crippen LogP contribution in [0.5, 0.6) is 0 Å². The summed E-state index contributed by atoms with van der Waals surface area (Å²) in [5.74, 6) is 0. The predicted octanol–water partition coefficient (Wildman–Crippen LogP) is 5.56. The lowest BCUT2D eigenvalue weighted by atomic mass is 10.1. The van der Waals surface area contributed by atoms with E-state index in [-0.39, 0.29) is 24.2 Å². The number of rotatable bonds is 8. The average molecular weight is 561 g/mol. The average Bonchev–Trinajstić information content (AvgIpc) is 3.20. The van der Waals surface area contributed by atoms with Crippen LogP contribution in [0.25, 0.3) is 28.0 Å². The van der Waals surface area contributed by atoms with Crippen molar-refractivity contribution in [3.05, 3.63) is 80.2 Å². The number of carbonyl (C=O) groups is 1. The molecule has 0 saturated carbocycles. The fourth-order valence-corrected chi connectivity index (χ4v) is 6.24. The Morgan fingerprint density at radius 2 is 1.68 bits per heavy atom. The molecule has 194 valence electrons. The summed E-state index contributed by atoms with van der Waals surface area (Å²) < 4.78 is 28.2. The molecule has 0 aliphatic rings. The number of aryl methyl sites for hydroxylation is 1. The van der Waals surface area contributed by atoms with E-state index in [4.69, 9.17) is 23.2 Å². The van der Waals surface area contributed by atoms with E-state index < -0.39 is 15.1 Å². The molecule has 8 nitrogen and oxygen atoms in total. The van der Waals surface area contributed by atoms with Crippen molar-refractivity contribution in [2.24, 2.45) is 0 Å². The minimum atomic E-state index is -4.13. The number of sulfonamides is 1. The Labute approximate surface area is 224 Å². The Morgan fingerprint density at radius 1 is 1.03 bits per heavy atom. The van der Waals surface area contributed by atoms with Gasteiger partial charge in [-0.15, -0.1) is 0 Å². The molecule has 0 bridgehead atoms. The molecule has 2 aromatic heterocycles. The summed E-state index contributed by atoms with van der Waals surface area (Å²) in [6, 6.07) is 12.6. The van der Waals surface area contributed by atoms with Crippen LogP contribution in [0.3, 0.4) is 0 Å². The minimum absolute atomic E-state index is 0.0539. The van der Waals surface area contributed by atoms with Crippen LogP contribution in [-0.2, 0) is 10.0 Å². The summed E-state index contributed by atoms with van der Waals surface area (Å²) in [5, 5.41) is 4.32. The Balaban J connectivity index is 1.74. The van der Waals surface area contributed by atoms with Crippen LogP contribution in [0.1, 0.15) is 42.7 Å². The van der Waals surface area contributed by atoms with Gasteiger partial charge >= 0.3 is 0 Å².